The van der Waals surface area contributed by atoms with Gasteiger partial charge in [-0.2, -0.15) is 0 Å². The Morgan fingerprint density at radius 2 is 2.11 bits per heavy atom. The van der Waals surface area contributed by atoms with Crippen LogP contribution in [0.5, 0.6) is 0 Å². The molecule has 0 N–H and O–H groups in total. The van der Waals surface area contributed by atoms with Gasteiger partial charge in [0.15, 0.2) is 0 Å². The van der Waals surface area contributed by atoms with Crippen molar-refractivity contribution < 1.29 is 9.72 Å². The molecule has 1 aromatic carbocycles. The molecule has 0 radical (unpaired) electrons. The molecular weight excluding hydrogens is 254 g/mol. The van der Waals surface area contributed by atoms with E-state index in [9.17, 15) is 14.9 Å². The minimum Gasteiger partial charge on any atom is -0.300 e. The van der Waals surface area contributed by atoms with Crippen LogP contribution in [0.2, 0.25) is 5.02 Å². The largest absolute Gasteiger partial charge is 0.300 e. The number of rotatable bonds is 6. The first-order valence-electron chi connectivity index (χ1n) is 5.85. The zero-order chi connectivity index (χ0) is 13.7. The lowest BCUT2D eigenvalue weighted by Gasteiger charge is -2.06. The molecule has 0 heterocycles. The summed E-state index contributed by atoms with van der Waals surface area (Å²) in [5.74, 6) is 0.415. The Hall–Kier alpha value is -1.42. The van der Waals surface area contributed by atoms with E-state index < -0.39 is 4.92 Å². The maximum absolute atomic E-state index is 11.6. The molecule has 98 valence electrons. The van der Waals surface area contributed by atoms with Gasteiger partial charge in [-0.05, 0) is 18.4 Å². The predicted octanol–water partition coefficient (Wildman–Crippen LogP) is 3.80. The van der Waals surface area contributed by atoms with E-state index in [1.807, 2.05) is 13.8 Å². The van der Waals surface area contributed by atoms with Crippen LogP contribution >= 0.6 is 11.6 Å². The van der Waals surface area contributed by atoms with Crippen molar-refractivity contribution in [2.75, 3.05) is 0 Å². The first-order chi connectivity index (χ1) is 8.41. The maximum atomic E-state index is 11.6. The lowest BCUT2D eigenvalue weighted by atomic mass is 10.0. The van der Waals surface area contributed by atoms with Crippen LogP contribution in [0, 0.1) is 16.0 Å². The normalized spacial score (nSPS) is 10.7. The first kappa shape index (κ1) is 14.6. The Balaban J connectivity index is 2.78. The number of Topliss-reactive ketones (excluding diaryl/α,β-unsaturated/α-hetero) is 1. The highest BCUT2D eigenvalue weighted by atomic mass is 35.5. The second kappa shape index (κ2) is 6.50. The maximum Gasteiger partial charge on any atom is 0.274 e. The monoisotopic (exact) mass is 269 g/mol. The summed E-state index contributed by atoms with van der Waals surface area (Å²) in [5, 5.41) is 11.2. The topological polar surface area (TPSA) is 60.2 Å². The number of carbonyl (C=O) groups excluding carboxylic acids is 1. The quantitative estimate of drug-likeness (QED) is 0.583. The number of nitro benzene ring substituents is 1. The Morgan fingerprint density at radius 3 is 2.67 bits per heavy atom. The molecule has 0 unspecified atom stereocenters. The highest BCUT2D eigenvalue weighted by molar-refractivity contribution is 6.31. The third kappa shape index (κ3) is 4.11. The molecule has 1 aromatic rings. The predicted molar refractivity (Wildman–Crippen MR) is 70.9 cm³/mol. The Morgan fingerprint density at radius 1 is 1.44 bits per heavy atom. The van der Waals surface area contributed by atoms with Crippen molar-refractivity contribution in [3.05, 3.63) is 38.9 Å². The molecule has 18 heavy (non-hydrogen) atoms. The van der Waals surface area contributed by atoms with Crippen molar-refractivity contribution in [2.24, 2.45) is 5.92 Å². The van der Waals surface area contributed by atoms with E-state index >= 15 is 0 Å². The molecule has 0 bridgehead atoms. The van der Waals surface area contributed by atoms with Gasteiger partial charge in [0, 0.05) is 24.5 Å². The van der Waals surface area contributed by atoms with Gasteiger partial charge in [0.25, 0.3) is 5.69 Å². The molecule has 0 amide bonds. The molecule has 0 saturated heterocycles. The number of nitrogens with zero attached hydrogens (tertiary/aromatic N) is 1. The average molecular weight is 270 g/mol. The summed E-state index contributed by atoms with van der Waals surface area (Å²) in [6.45, 7) is 3.94. The molecule has 0 fully saturated rings. The highest BCUT2D eigenvalue weighted by Crippen LogP contribution is 2.27. The van der Waals surface area contributed by atoms with Crippen molar-refractivity contribution in [1.82, 2.24) is 0 Å². The van der Waals surface area contributed by atoms with Crippen molar-refractivity contribution >= 4 is 23.1 Å². The van der Waals surface area contributed by atoms with Crippen molar-refractivity contribution in [2.45, 2.75) is 33.1 Å². The summed E-state index contributed by atoms with van der Waals surface area (Å²) in [6.07, 6.45) is 1.11. The van der Waals surface area contributed by atoms with Gasteiger partial charge in [-0.1, -0.05) is 31.5 Å². The SMILES string of the molecule is CC(C)CC(=O)CCc1c(Cl)cccc1[N+](=O)[O-]. The molecule has 0 aliphatic carbocycles. The Kier molecular flexibility index (Phi) is 5.28. The summed E-state index contributed by atoms with van der Waals surface area (Å²) in [6, 6.07) is 4.56. The van der Waals surface area contributed by atoms with E-state index in [1.54, 1.807) is 12.1 Å². The third-order valence-electron chi connectivity index (χ3n) is 2.58. The summed E-state index contributed by atoms with van der Waals surface area (Å²) < 4.78 is 0. The second-order valence-electron chi connectivity index (χ2n) is 4.63. The number of hydrogen-bond acceptors (Lipinski definition) is 3. The minimum atomic E-state index is -0.464. The number of ketones is 1. The van der Waals surface area contributed by atoms with Crippen LogP contribution in [-0.4, -0.2) is 10.7 Å². The van der Waals surface area contributed by atoms with E-state index in [4.69, 9.17) is 11.6 Å². The van der Waals surface area contributed by atoms with Crippen LogP contribution in [0.4, 0.5) is 5.69 Å². The summed E-state index contributed by atoms with van der Waals surface area (Å²) >= 11 is 5.95. The van der Waals surface area contributed by atoms with Gasteiger partial charge < -0.3 is 0 Å². The van der Waals surface area contributed by atoms with E-state index in [0.29, 0.717) is 35.8 Å². The molecule has 0 saturated carbocycles. The fraction of sp³-hybridized carbons (Fsp3) is 0.462. The number of nitro groups is 1. The van der Waals surface area contributed by atoms with Gasteiger partial charge in [0.2, 0.25) is 0 Å². The lowest BCUT2D eigenvalue weighted by Crippen LogP contribution is -2.05. The number of halogens is 1. The highest BCUT2D eigenvalue weighted by Gasteiger charge is 2.17. The second-order valence-corrected chi connectivity index (χ2v) is 5.04. The Labute approximate surface area is 111 Å². The van der Waals surface area contributed by atoms with E-state index in [2.05, 4.69) is 0 Å². The number of carbonyl (C=O) groups is 1. The number of benzene rings is 1. The first-order valence-corrected chi connectivity index (χ1v) is 6.23. The average Bonchev–Trinajstić information content (AvgIpc) is 2.25. The minimum absolute atomic E-state index is 0.0140. The molecule has 0 aliphatic heterocycles. The molecule has 0 atom stereocenters. The van der Waals surface area contributed by atoms with Gasteiger partial charge in [-0.3, -0.25) is 14.9 Å². The molecule has 0 spiro atoms. The van der Waals surface area contributed by atoms with Crippen LogP contribution in [0.15, 0.2) is 18.2 Å². The van der Waals surface area contributed by atoms with Gasteiger partial charge in [0.05, 0.1) is 9.95 Å². The van der Waals surface area contributed by atoms with Gasteiger partial charge in [-0.15, -0.1) is 0 Å². The molecule has 0 aromatic heterocycles. The molecule has 5 heteroatoms. The van der Waals surface area contributed by atoms with E-state index in [1.165, 1.54) is 6.07 Å². The smallest absolute Gasteiger partial charge is 0.274 e. The molecule has 1 rings (SSSR count). The summed E-state index contributed by atoms with van der Waals surface area (Å²) in [5.41, 5.74) is 0.432. The lowest BCUT2D eigenvalue weighted by molar-refractivity contribution is -0.385. The van der Waals surface area contributed by atoms with Crippen LogP contribution < -0.4 is 0 Å². The van der Waals surface area contributed by atoms with Crippen LogP contribution in [0.3, 0.4) is 0 Å². The molecule has 4 nitrogen and oxygen atoms in total. The summed E-state index contributed by atoms with van der Waals surface area (Å²) in [4.78, 5) is 22.0. The van der Waals surface area contributed by atoms with Gasteiger partial charge >= 0.3 is 0 Å². The molecular formula is C13H16ClNO3. The van der Waals surface area contributed by atoms with Gasteiger partial charge in [0.1, 0.15) is 5.78 Å². The fourth-order valence-electron chi connectivity index (χ4n) is 1.79. The summed E-state index contributed by atoms with van der Waals surface area (Å²) in [7, 11) is 0. The fourth-order valence-corrected chi connectivity index (χ4v) is 2.05. The third-order valence-corrected chi connectivity index (χ3v) is 2.93. The van der Waals surface area contributed by atoms with Crippen LogP contribution in [-0.2, 0) is 11.2 Å². The zero-order valence-electron chi connectivity index (χ0n) is 10.5. The van der Waals surface area contributed by atoms with E-state index in [-0.39, 0.29) is 11.5 Å². The van der Waals surface area contributed by atoms with Gasteiger partial charge in [-0.25, -0.2) is 0 Å². The van der Waals surface area contributed by atoms with Crippen molar-refractivity contribution in [1.29, 1.82) is 0 Å². The van der Waals surface area contributed by atoms with Crippen molar-refractivity contribution in [3.63, 3.8) is 0 Å². The van der Waals surface area contributed by atoms with E-state index in [0.717, 1.165) is 0 Å². The van der Waals surface area contributed by atoms with Crippen molar-refractivity contribution in [3.8, 4) is 0 Å². The molecule has 0 aliphatic rings. The van der Waals surface area contributed by atoms with Crippen LogP contribution in [0.1, 0.15) is 32.3 Å². The zero-order valence-corrected chi connectivity index (χ0v) is 11.2. The standard InChI is InChI=1S/C13H16ClNO3/c1-9(2)8-10(16)6-7-11-12(14)4-3-5-13(11)15(17)18/h3-5,9H,6-8H2,1-2H3. The number of hydrogen-bond donors (Lipinski definition) is 0. The van der Waals surface area contributed by atoms with Crippen LogP contribution in [0.25, 0.3) is 0 Å². The Bertz CT molecular complexity index is 458.